The van der Waals surface area contributed by atoms with Gasteiger partial charge < -0.3 is 69.9 Å². The third-order valence-electron chi connectivity index (χ3n) is 15.7. The fourth-order valence-electron chi connectivity index (χ4n) is 11.0. The highest BCUT2D eigenvalue weighted by atomic mass is 32.2. The molecule has 0 aliphatic carbocycles. The third kappa shape index (κ3) is 15.2. The van der Waals surface area contributed by atoms with E-state index in [1.54, 1.807) is 46.0 Å². The van der Waals surface area contributed by atoms with Gasteiger partial charge in [0.15, 0.2) is 12.6 Å². The van der Waals surface area contributed by atoms with Crippen molar-refractivity contribution in [2.75, 3.05) is 34.3 Å². The molecule has 1 amide bonds. The molecule has 3 fully saturated rings. The second-order valence-electron chi connectivity index (χ2n) is 21.7. The lowest BCUT2D eigenvalue weighted by atomic mass is 9.77. The highest BCUT2D eigenvalue weighted by molar-refractivity contribution is 7.89. The van der Waals surface area contributed by atoms with Gasteiger partial charge in [-0.3, -0.25) is 9.59 Å². The molecule has 3 aliphatic heterocycles. The van der Waals surface area contributed by atoms with Gasteiger partial charge >= 0.3 is 5.97 Å². The monoisotopic (exact) mass is 1060 g/mol. The number of esters is 1. The van der Waals surface area contributed by atoms with E-state index in [0.717, 1.165) is 0 Å². The normalized spacial score (nSPS) is 38.2. The Morgan fingerprint density at radius 2 is 1.64 bits per heavy atom. The van der Waals surface area contributed by atoms with Crippen molar-refractivity contribution in [3.8, 4) is 0 Å². The lowest BCUT2D eigenvalue weighted by molar-refractivity contribution is -0.318. The molecule has 0 bridgehead atoms. The van der Waals surface area contributed by atoms with Crippen molar-refractivity contribution in [2.45, 2.75) is 203 Å². The first-order valence-corrected chi connectivity index (χ1v) is 26.9. The number of aliphatic hydroxyl groups is 4. The van der Waals surface area contributed by atoms with Crippen molar-refractivity contribution in [1.82, 2.24) is 24.8 Å². The predicted molar refractivity (Wildman–Crippen MR) is 269 cm³/mol. The largest absolute Gasteiger partial charge is 0.462 e. The molecule has 5 rings (SSSR count). The topological polar surface area (TPSA) is 325 Å². The van der Waals surface area contributed by atoms with Crippen LogP contribution in [0.25, 0.3) is 0 Å². The van der Waals surface area contributed by atoms with E-state index in [-0.39, 0.29) is 41.6 Å². The molecule has 0 spiro atoms. The molecule has 1 aromatic carbocycles. The molecule has 3 saturated heterocycles. The number of nitrogens with two attached hydrogens (primary N) is 2. The minimum Gasteiger partial charge on any atom is -0.462 e. The Balaban J connectivity index is 0.0000116. The number of cyclic esters (lactones) is 1. The number of sulfonamides is 1. The number of primary amides is 1. The minimum atomic E-state index is -3.90. The Morgan fingerprint density at radius 3 is 2.23 bits per heavy atom. The maximum absolute atomic E-state index is 14.5. The lowest BCUT2D eigenvalue weighted by Crippen LogP contribution is -2.60. The number of carbonyl (C=O) groups excluding carboxylic acids is 2. The molecule has 73 heavy (non-hydrogen) atoms. The van der Waals surface area contributed by atoms with Crippen molar-refractivity contribution in [2.24, 2.45) is 34.5 Å². The number of aliphatic hydroxyl groups excluding tert-OH is 3. The fourth-order valence-corrected chi connectivity index (χ4v) is 11.5. The van der Waals surface area contributed by atoms with Crippen LogP contribution in [0, 0.1) is 23.7 Å². The molecule has 0 radical (unpaired) electrons. The number of aromatic nitrogens is 3. The van der Waals surface area contributed by atoms with E-state index >= 15 is 0 Å². The molecule has 10 N–H and O–H groups in total. The van der Waals surface area contributed by atoms with Gasteiger partial charge in [0.05, 0.1) is 58.2 Å². The number of rotatable bonds is 15. The summed E-state index contributed by atoms with van der Waals surface area (Å²) in [5.41, 5.74) is 4.30. The summed E-state index contributed by atoms with van der Waals surface area (Å²) in [6.07, 6.45) is -5.84. The highest BCUT2D eigenvalue weighted by Gasteiger charge is 2.52. The number of ether oxygens (including phenoxy) is 6. The van der Waals surface area contributed by atoms with Crippen LogP contribution in [0.3, 0.4) is 0 Å². The maximum Gasteiger partial charge on any atom is 0.311 e. The summed E-state index contributed by atoms with van der Waals surface area (Å²) in [4.78, 5) is 31.0. The minimum absolute atomic E-state index is 0. The summed E-state index contributed by atoms with van der Waals surface area (Å²) < 4.78 is 63.3. The molecule has 3 aliphatic rings. The van der Waals surface area contributed by atoms with E-state index in [4.69, 9.17) is 39.3 Å². The summed E-state index contributed by atoms with van der Waals surface area (Å²) >= 11 is 0. The first kappa shape index (κ1) is 62.3. The lowest BCUT2D eigenvalue weighted by Gasteiger charge is -2.49. The van der Waals surface area contributed by atoms with E-state index in [2.05, 4.69) is 10.3 Å². The number of amides is 1. The second kappa shape index (κ2) is 25.7. The fraction of sp³-hybridized carbons (Fsp3) is 0.800. The number of hydrogen-bond donors (Lipinski definition) is 6. The summed E-state index contributed by atoms with van der Waals surface area (Å²) in [7, 11) is 1.39. The standard InChI is InChI=1S/C50H85N7O14S.H2O/c1-14-39-29(4)41(58)32(7)56(12)25-27(2)23-49(9,63)45(30(5)43(31(6)47(62)69-39)70-40-24-50(10,66-13)44(60)33(8)68-40)71-48-42(59)37(21-28(3)67-48)55(11)20-19-35-26-57(54-53-35)38(46(51)61)22-34-15-17-36(18-16-34)72(52,64)65;/h15-18,26-33,37-45,48,58-60,63H,14,19-25H2,1-13H3,(H2,51,61)(H2,52,64,65);1H2/t27-,28-,29+,30+,31-,32-,33+,37+,38?,39-,40+,41+,42-,43+,44+,45-,48+,49-,50-;/m1./s1. The van der Waals surface area contributed by atoms with Gasteiger partial charge in [-0.1, -0.05) is 45.0 Å². The van der Waals surface area contributed by atoms with Crippen LogP contribution in [-0.4, -0.2) is 190 Å². The first-order chi connectivity index (χ1) is 33.5. The highest BCUT2D eigenvalue weighted by Crippen LogP contribution is 2.40. The number of likely N-dealkylation sites (N-methyl/N-ethyl adjacent to an activating group) is 2. The zero-order valence-electron chi connectivity index (χ0n) is 45.0. The molecular formula is C50H87N7O15S. The summed E-state index contributed by atoms with van der Waals surface area (Å²) in [5, 5.41) is 61.5. The van der Waals surface area contributed by atoms with Crippen molar-refractivity contribution in [3.63, 3.8) is 0 Å². The van der Waals surface area contributed by atoms with Crippen molar-refractivity contribution in [1.29, 1.82) is 0 Å². The zero-order chi connectivity index (χ0) is 53.8. The molecule has 1 aromatic heterocycles. The maximum atomic E-state index is 14.5. The Bertz CT molecular complexity index is 2190. The molecule has 4 heterocycles. The first-order valence-electron chi connectivity index (χ1n) is 25.4. The van der Waals surface area contributed by atoms with Crippen LogP contribution < -0.4 is 10.9 Å². The Morgan fingerprint density at radius 1 is 1.00 bits per heavy atom. The molecule has 22 nitrogen and oxygen atoms in total. The Hall–Kier alpha value is -3.27. The molecular weight excluding hydrogens is 971 g/mol. The zero-order valence-corrected chi connectivity index (χ0v) is 45.8. The number of methoxy groups -OCH3 is 1. The van der Waals surface area contributed by atoms with E-state index < -0.39 is 124 Å². The number of primary sulfonamides is 1. The quantitative estimate of drug-likeness (QED) is 0.136. The third-order valence-corrected chi connectivity index (χ3v) is 16.6. The van der Waals surface area contributed by atoms with E-state index in [1.807, 2.05) is 65.4 Å². The summed E-state index contributed by atoms with van der Waals surface area (Å²) in [6.45, 7) is 19.2. The molecule has 23 heteroatoms. The molecule has 2 aromatic rings. The van der Waals surface area contributed by atoms with E-state index in [0.29, 0.717) is 43.6 Å². The van der Waals surface area contributed by atoms with Crippen molar-refractivity contribution < 1.29 is 72.3 Å². The van der Waals surface area contributed by atoms with Crippen LogP contribution in [0.15, 0.2) is 35.4 Å². The van der Waals surface area contributed by atoms with E-state index in [1.165, 1.54) is 23.9 Å². The van der Waals surface area contributed by atoms with Gasteiger partial charge in [-0.2, -0.15) is 0 Å². The smallest absolute Gasteiger partial charge is 0.311 e. The molecule has 1 unspecified atom stereocenters. The summed E-state index contributed by atoms with van der Waals surface area (Å²) in [6, 6.07) is 4.09. The van der Waals surface area contributed by atoms with Crippen LogP contribution in [0.5, 0.6) is 0 Å². The number of benzene rings is 1. The average molecular weight is 1060 g/mol. The van der Waals surface area contributed by atoms with Gasteiger partial charge in [0, 0.05) is 69.6 Å². The number of nitrogens with zero attached hydrogens (tertiary/aromatic N) is 5. The number of carbonyl (C=O) groups is 2. The predicted octanol–water partition coefficient (Wildman–Crippen LogP) is 1.08. The van der Waals surface area contributed by atoms with Gasteiger partial charge in [0.25, 0.3) is 0 Å². The van der Waals surface area contributed by atoms with Gasteiger partial charge in [0.2, 0.25) is 15.9 Å². The average Bonchev–Trinajstić information content (AvgIpc) is 3.79. The molecule has 0 saturated carbocycles. The summed E-state index contributed by atoms with van der Waals surface area (Å²) in [5.74, 6) is -3.57. The van der Waals surface area contributed by atoms with Crippen LogP contribution >= 0.6 is 0 Å². The second-order valence-corrected chi connectivity index (χ2v) is 23.2. The van der Waals surface area contributed by atoms with Crippen LogP contribution in [0.1, 0.15) is 112 Å². The SMILES string of the molecule is CC[C@H]1OC(=O)[C@H](C)[C@@H](O[C@H]2C[C@@](C)(OC)[C@@H](O)[C@H](C)O2)[C@H](C)[C@@H](O[C@@H]2O[C@H](C)C[C@H](N(C)CCc3cn(C(Cc4ccc(S(N)(=O)=O)cc4)C(N)=O)nn3)[C@H]2O)[C@](C)(O)C[C@@H](C)CN(C)[C@H](C)[C@@H](O)[C@H]1C.O. The Labute approximate surface area is 431 Å². The van der Waals surface area contributed by atoms with Gasteiger partial charge in [0.1, 0.15) is 24.4 Å². The van der Waals surface area contributed by atoms with E-state index in [9.17, 15) is 38.4 Å². The van der Waals surface area contributed by atoms with Gasteiger partial charge in [-0.25, -0.2) is 18.2 Å². The number of hydrogen-bond acceptors (Lipinski definition) is 18. The van der Waals surface area contributed by atoms with Crippen molar-refractivity contribution >= 4 is 21.9 Å². The van der Waals surface area contributed by atoms with Crippen LogP contribution in [-0.2, 0) is 60.9 Å². The molecule has 19 atom stereocenters. The Kier molecular flexibility index (Phi) is 21.9. The van der Waals surface area contributed by atoms with Crippen molar-refractivity contribution in [3.05, 3.63) is 41.7 Å². The molecule has 418 valence electrons. The van der Waals surface area contributed by atoms with Crippen LogP contribution in [0.2, 0.25) is 0 Å². The van der Waals surface area contributed by atoms with Gasteiger partial charge in [-0.15, -0.1) is 5.10 Å². The van der Waals surface area contributed by atoms with Crippen LogP contribution in [0.4, 0.5) is 0 Å². The van der Waals surface area contributed by atoms with Gasteiger partial charge in [-0.05, 0) is 98.5 Å².